The fraction of sp³-hybridized carbons (Fsp3) is 0.733. The number of aromatic nitrogens is 1. The third kappa shape index (κ3) is 3.63. The molecule has 118 valence electrons. The minimum absolute atomic E-state index is 0.0381. The summed E-state index contributed by atoms with van der Waals surface area (Å²) in [5, 5.41) is 2.89. The summed E-state index contributed by atoms with van der Waals surface area (Å²) < 4.78 is 11.0. The molecule has 0 aromatic carbocycles. The van der Waals surface area contributed by atoms with Crippen LogP contribution < -0.4 is 11.1 Å². The van der Waals surface area contributed by atoms with Crippen molar-refractivity contribution < 1.29 is 13.9 Å². The summed E-state index contributed by atoms with van der Waals surface area (Å²) in [5.74, 6) is 1.29. The first-order chi connectivity index (χ1) is 9.87. The van der Waals surface area contributed by atoms with Crippen molar-refractivity contribution in [1.82, 2.24) is 10.3 Å². The van der Waals surface area contributed by atoms with Crippen molar-refractivity contribution in [2.45, 2.75) is 45.6 Å². The van der Waals surface area contributed by atoms with E-state index in [1.807, 2.05) is 0 Å². The second-order valence-electron chi connectivity index (χ2n) is 6.65. The predicted molar refractivity (Wildman–Crippen MR) is 78.6 cm³/mol. The highest BCUT2D eigenvalue weighted by Crippen LogP contribution is 2.29. The molecule has 0 aliphatic carbocycles. The summed E-state index contributed by atoms with van der Waals surface area (Å²) in [4.78, 5) is 16.6. The first-order valence-corrected chi connectivity index (χ1v) is 7.39. The second kappa shape index (κ2) is 6.15. The number of rotatable bonds is 4. The number of hydrogen-bond donors (Lipinski definition) is 2. The van der Waals surface area contributed by atoms with Gasteiger partial charge in [-0.2, -0.15) is 0 Å². The Kier molecular flexibility index (Phi) is 4.68. The van der Waals surface area contributed by atoms with Crippen LogP contribution in [0.15, 0.2) is 10.6 Å². The maximum atomic E-state index is 12.4. The van der Waals surface area contributed by atoms with E-state index in [1.165, 1.54) is 0 Å². The average Bonchev–Trinajstić information content (AvgIpc) is 2.94. The van der Waals surface area contributed by atoms with E-state index in [0.29, 0.717) is 38.5 Å². The van der Waals surface area contributed by atoms with Crippen molar-refractivity contribution in [1.29, 1.82) is 0 Å². The van der Waals surface area contributed by atoms with E-state index in [-0.39, 0.29) is 17.9 Å². The van der Waals surface area contributed by atoms with Crippen LogP contribution in [0.3, 0.4) is 0 Å². The van der Waals surface area contributed by atoms with Crippen molar-refractivity contribution in [3.05, 3.63) is 17.8 Å². The molecule has 6 heteroatoms. The van der Waals surface area contributed by atoms with E-state index in [1.54, 1.807) is 6.20 Å². The number of nitrogens with zero attached hydrogens (tertiary/aromatic N) is 1. The van der Waals surface area contributed by atoms with Crippen LogP contribution in [0.4, 0.5) is 0 Å². The van der Waals surface area contributed by atoms with Gasteiger partial charge in [0.1, 0.15) is 5.76 Å². The van der Waals surface area contributed by atoms with Crippen LogP contribution in [0.5, 0.6) is 0 Å². The van der Waals surface area contributed by atoms with Crippen LogP contribution in [0, 0.1) is 5.41 Å². The molecule has 2 heterocycles. The Labute approximate surface area is 125 Å². The van der Waals surface area contributed by atoms with Gasteiger partial charge >= 0.3 is 0 Å². The van der Waals surface area contributed by atoms with Crippen molar-refractivity contribution in [3.63, 3.8) is 0 Å². The lowest BCUT2D eigenvalue weighted by Gasteiger charge is -2.34. The van der Waals surface area contributed by atoms with Gasteiger partial charge in [0, 0.05) is 25.2 Å². The minimum atomic E-state index is -0.516. The Bertz CT molecular complexity index is 485. The summed E-state index contributed by atoms with van der Waals surface area (Å²) >= 11 is 0. The predicted octanol–water partition coefficient (Wildman–Crippen LogP) is 1.34. The quantitative estimate of drug-likeness (QED) is 0.875. The summed E-state index contributed by atoms with van der Waals surface area (Å²) in [6.45, 7) is 7.96. The van der Waals surface area contributed by atoms with Gasteiger partial charge in [-0.25, -0.2) is 4.98 Å². The van der Waals surface area contributed by atoms with E-state index in [0.717, 1.165) is 5.76 Å². The van der Waals surface area contributed by atoms with Gasteiger partial charge in [-0.05, 0) is 12.8 Å². The average molecular weight is 295 g/mol. The fourth-order valence-corrected chi connectivity index (χ4v) is 2.37. The topological polar surface area (TPSA) is 90.4 Å². The fourth-order valence-electron chi connectivity index (χ4n) is 2.37. The van der Waals surface area contributed by atoms with E-state index >= 15 is 0 Å². The Morgan fingerprint density at radius 3 is 2.62 bits per heavy atom. The van der Waals surface area contributed by atoms with Crippen molar-refractivity contribution in [2.24, 2.45) is 11.1 Å². The number of ether oxygens (including phenoxy) is 1. The highest BCUT2D eigenvalue weighted by atomic mass is 16.5. The summed E-state index contributed by atoms with van der Waals surface area (Å²) in [6.07, 6.45) is 3.04. The summed E-state index contributed by atoms with van der Waals surface area (Å²) in [6, 6.07) is 0. The molecule has 1 amide bonds. The van der Waals surface area contributed by atoms with Crippen LogP contribution in [-0.2, 0) is 21.5 Å². The molecule has 0 bridgehead atoms. The zero-order valence-electron chi connectivity index (χ0n) is 13.1. The summed E-state index contributed by atoms with van der Waals surface area (Å²) in [5.41, 5.74) is 5.21. The molecule has 6 nitrogen and oxygen atoms in total. The van der Waals surface area contributed by atoms with Crippen LogP contribution in [0.2, 0.25) is 0 Å². The smallest absolute Gasteiger partial charge is 0.228 e. The minimum Gasteiger partial charge on any atom is -0.443 e. The number of nitrogens with one attached hydrogen (secondary N) is 1. The Balaban J connectivity index is 1.95. The number of nitrogens with two attached hydrogens (primary N) is 1. The van der Waals surface area contributed by atoms with Gasteiger partial charge in [0.2, 0.25) is 11.8 Å². The van der Waals surface area contributed by atoms with Crippen molar-refractivity contribution >= 4 is 5.91 Å². The molecular weight excluding hydrogens is 270 g/mol. The standard InChI is InChI=1S/C15H25N3O3/c1-14(2,3)11-8-17-12(21-11)9-18-13(19)15(10-16)4-6-20-7-5-15/h8H,4-7,9-10,16H2,1-3H3,(H,18,19). The largest absolute Gasteiger partial charge is 0.443 e. The molecule has 3 N–H and O–H groups in total. The lowest BCUT2D eigenvalue weighted by atomic mass is 9.79. The lowest BCUT2D eigenvalue weighted by Crippen LogP contribution is -2.49. The van der Waals surface area contributed by atoms with Crippen LogP contribution in [0.25, 0.3) is 0 Å². The number of carbonyl (C=O) groups excluding carboxylic acids is 1. The molecule has 0 saturated carbocycles. The Morgan fingerprint density at radius 1 is 1.43 bits per heavy atom. The molecule has 21 heavy (non-hydrogen) atoms. The van der Waals surface area contributed by atoms with Gasteiger partial charge in [-0.15, -0.1) is 0 Å². The molecule has 1 fully saturated rings. The van der Waals surface area contributed by atoms with Gasteiger partial charge < -0.3 is 20.2 Å². The number of oxazole rings is 1. The van der Waals surface area contributed by atoms with Gasteiger partial charge in [0.05, 0.1) is 18.2 Å². The van der Waals surface area contributed by atoms with Gasteiger partial charge in [0.15, 0.2) is 0 Å². The SMILES string of the molecule is CC(C)(C)c1cnc(CNC(=O)C2(CN)CCOCC2)o1. The zero-order valence-corrected chi connectivity index (χ0v) is 13.1. The normalized spacial score (nSPS) is 18.5. The molecule has 0 radical (unpaired) electrons. The second-order valence-corrected chi connectivity index (χ2v) is 6.65. The zero-order chi connectivity index (χ0) is 15.5. The molecule has 0 unspecified atom stereocenters. The maximum Gasteiger partial charge on any atom is 0.228 e. The molecule has 1 aliphatic heterocycles. The third-order valence-corrected chi connectivity index (χ3v) is 4.02. The number of amides is 1. The van der Waals surface area contributed by atoms with Gasteiger partial charge in [0.25, 0.3) is 0 Å². The molecule has 0 atom stereocenters. The number of carbonyl (C=O) groups is 1. The first-order valence-electron chi connectivity index (χ1n) is 7.39. The maximum absolute atomic E-state index is 12.4. The third-order valence-electron chi connectivity index (χ3n) is 4.02. The highest BCUT2D eigenvalue weighted by molar-refractivity contribution is 5.82. The Hall–Kier alpha value is -1.40. The molecular formula is C15H25N3O3. The van der Waals surface area contributed by atoms with Crippen LogP contribution >= 0.6 is 0 Å². The Morgan fingerprint density at radius 2 is 2.10 bits per heavy atom. The van der Waals surface area contributed by atoms with Crippen LogP contribution in [0.1, 0.15) is 45.3 Å². The van der Waals surface area contributed by atoms with E-state index in [2.05, 4.69) is 31.1 Å². The molecule has 0 spiro atoms. The number of hydrogen-bond acceptors (Lipinski definition) is 5. The summed E-state index contributed by atoms with van der Waals surface area (Å²) in [7, 11) is 0. The van der Waals surface area contributed by atoms with Crippen molar-refractivity contribution in [2.75, 3.05) is 19.8 Å². The molecule has 1 saturated heterocycles. The van der Waals surface area contributed by atoms with Crippen molar-refractivity contribution in [3.8, 4) is 0 Å². The van der Waals surface area contributed by atoms with E-state index in [9.17, 15) is 4.79 Å². The van der Waals surface area contributed by atoms with Crippen LogP contribution in [-0.4, -0.2) is 30.6 Å². The molecule has 1 aliphatic rings. The van der Waals surface area contributed by atoms with E-state index in [4.69, 9.17) is 14.9 Å². The molecule has 1 aromatic rings. The lowest BCUT2D eigenvalue weighted by molar-refractivity contribution is -0.136. The first kappa shape index (κ1) is 16.0. The highest BCUT2D eigenvalue weighted by Gasteiger charge is 2.38. The van der Waals surface area contributed by atoms with E-state index < -0.39 is 5.41 Å². The van der Waals surface area contributed by atoms with Gasteiger partial charge in [-0.1, -0.05) is 20.8 Å². The van der Waals surface area contributed by atoms with Gasteiger partial charge in [-0.3, -0.25) is 4.79 Å². The monoisotopic (exact) mass is 295 g/mol. The molecule has 2 rings (SSSR count). The molecule has 1 aromatic heterocycles.